The minimum Gasteiger partial charge on any atom is -0.314 e. The molecule has 1 unspecified atom stereocenters. The molecule has 4 aromatic rings. The minimum atomic E-state index is -0.117. The van der Waals surface area contributed by atoms with E-state index in [9.17, 15) is 4.79 Å². The number of hydrogen-bond acceptors (Lipinski definition) is 3. The zero-order chi connectivity index (χ0) is 24.4. The Morgan fingerprint density at radius 1 is 1.00 bits per heavy atom. The maximum atomic E-state index is 13.5. The van der Waals surface area contributed by atoms with Gasteiger partial charge in [-0.05, 0) is 62.4 Å². The number of para-hydroxylation sites is 1. The number of thiazole rings is 1. The topological polar surface area (TPSA) is 44.2 Å². The second-order valence-corrected chi connectivity index (χ2v) is 10.4. The van der Waals surface area contributed by atoms with Crippen LogP contribution in [0.15, 0.2) is 69.8 Å². The monoisotopic (exact) mass is 494 g/mol. The molecule has 0 radical (unpaired) electrons. The summed E-state index contributed by atoms with van der Waals surface area (Å²) in [7, 11) is 1.90. The van der Waals surface area contributed by atoms with Crippen molar-refractivity contribution in [3.63, 3.8) is 0 Å². The van der Waals surface area contributed by atoms with E-state index in [0.717, 1.165) is 40.3 Å². The van der Waals surface area contributed by atoms with Crippen molar-refractivity contribution in [3.8, 4) is 16.9 Å². The normalized spacial score (nSPS) is 13.1. The molecule has 7 heteroatoms. The first-order valence-electron chi connectivity index (χ1n) is 11.6. The molecule has 0 fully saturated rings. The summed E-state index contributed by atoms with van der Waals surface area (Å²) < 4.78 is 5.82. The highest BCUT2D eigenvalue weighted by Gasteiger charge is 2.19. The predicted molar refractivity (Wildman–Crippen MR) is 143 cm³/mol. The van der Waals surface area contributed by atoms with E-state index in [0.29, 0.717) is 16.6 Å². The summed E-state index contributed by atoms with van der Waals surface area (Å²) in [4.78, 5) is 19.2. The molecule has 0 aliphatic carbocycles. The Labute approximate surface area is 209 Å². The number of aromatic nitrogens is 3. The van der Waals surface area contributed by atoms with Crippen molar-refractivity contribution < 1.29 is 0 Å². The molecule has 2 aromatic heterocycles. The molecule has 0 aliphatic rings. The summed E-state index contributed by atoms with van der Waals surface area (Å²) >= 11 is 7.71. The van der Waals surface area contributed by atoms with Crippen LogP contribution in [0.25, 0.3) is 16.9 Å². The first-order valence-corrected chi connectivity index (χ1v) is 12.9. The molecule has 4 rings (SSSR count). The molecular formula is C27H31ClN4OS. The Balaban J connectivity index is 1.89. The maximum Gasteiger partial charge on any atom is 0.297 e. The van der Waals surface area contributed by atoms with Gasteiger partial charge in [-0.3, -0.25) is 9.48 Å². The lowest BCUT2D eigenvalue weighted by Crippen LogP contribution is -2.22. The van der Waals surface area contributed by atoms with E-state index in [-0.39, 0.29) is 11.6 Å². The van der Waals surface area contributed by atoms with Gasteiger partial charge in [0.1, 0.15) is 0 Å². The van der Waals surface area contributed by atoms with Gasteiger partial charge in [0, 0.05) is 23.5 Å². The van der Waals surface area contributed by atoms with Gasteiger partial charge in [0.15, 0.2) is 10.5 Å². The van der Waals surface area contributed by atoms with E-state index in [2.05, 4.69) is 30.7 Å². The third-order valence-electron chi connectivity index (χ3n) is 6.22. The Morgan fingerprint density at radius 3 is 2.32 bits per heavy atom. The van der Waals surface area contributed by atoms with Crippen molar-refractivity contribution in [1.82, 2.24) is 13.9 Å². The summed E-state index contributed by atoms with van der Waals surface area (Å²) in [5, 5.41) is 2.84. The lowest BCUT2D eigenvalue weighted by atomic mass is 10.0. The highest BCUT2D eigenvalue weighted by molar-refractivity contribution is 7.07. The Hall–Kier alpha value is -2.83. The van der Waals surface area contributed by atoms with Crippen LogP contribution in [-0.4, -0.2) is 13.9 Å². The van der Waals surface area contributed by atoms with E-state index in [4.69, 9.17) is 16.6 Å². The smallest absolute Gasteiger partial charge is 0.297 e. The molecular weight excluding hydrogens is 464 g/mol. The van der Waals surface area contributed by atoms with Gasteiger partial charge < -0.3 is 4.57 Å². The molecule has 178 valence electrons. The lowest BCUT2D eigenvalue weighted by molar-refractivity contribution is 0.436. The highest BCUT2D eigenvalue weighted by Crippen LogP contribution is 2.28. The Bertz CT molecular complexity index is 1390. The minimum absolute atomic E-state index is 0.117. The Kier molecular flexibility index (Phi) is 7.29. The van der Waals surface area contributed by atoms with Gasteiger partial charge >= 0.3 is 0 Å². The van der Waals surface area contributed by atoms with E-state index in [1.165, 1.54) is 0 Å². The van der Waals surface area contributed by atoms with Crippen molar-refractivity contribution >= 4 is 28.6 Å². The number of halogens is 1. The van der Waals surface area contributed by atoms with Gasteiger partial charge in [0.2, 0.25) is 0 Å². The molecule has 0 aliphatic heterocycles. The number of hydrogen-bond donors (Lipinski definition) is 0. The van der Waals surface area contributed by atoms with Crippen LogP contribution in [0.2, 0.25) is 5.02 Å². The third-order valence-corrected chi connectivity index (χ3v) is 7.31. The van der Waals surface area contributed by atoms with Crippen molar-refractivity contribution in [1.29, 1.82) is 0 Å². The average molecular weight is 495 g/mol. The van der Waals surface area contributed by atoms with Crippen LogP contribution in [0.1, 0.15) is 45.3 Å². The largest absolute Gasteiger partial charge is 0.314 e. The molecule has 0 spiro atoms. The SMILES string of the molecule is Cc1c(N=c2scc(-c3ccc(Cl)cc3)n2C(C)CCC(C)C)c(=O)n(-c2ccccc2)n1C. The van der Waals surface area contributed by atoms with E-state index < -0.39 is 0 Å². The second kappa shape index (κ2) is 10.2. The quantitative estimate of drug-likeness (QED) is 0.275. The van der Waals surface area contributed by atoms with Gasteiger partial charge in [-0.25, -0.2) is 9.67 Å². The van der Waals surface area contributed by atoms with E-state index in [1.54, 1.807) is 16.0 Å². The molecule has 5 nitrogen and oxygen atoms in total. The zero-order valence-corrected chi connectivity index (χ0v) is 21.9. The van der Waals surface area contributed by atoms with Crippen LogP contribution < -0.4 is 10.4 Å². The molecule has 0 saturated carbocycles. The van der Waals surface area contributed by atoms with Crippen LogP contribution in [0.3, 0.4) is 0 Å². The van der Waals surface area contributed by atoms with Crippen LogP contribution in [0.5, 0.6) is 0 Å². The number of benzene rings is 2. The fourth-order valence-corrected chi connectivity index (χ4v) is 5.27. The maximum absolute atomic E-state index is 13.5. The molecule has 0 saturated heterocycles. The summed E-state index contributed by atoms with van der Waals surface area (Å²) in [6.45, 7) is 8.67. The third kappa shape index (κ3) is 4.84. The van der Waals surface area contributed by atoms with Crippen LogP contribution in [0, 0.1) is 12.8 Å². The molecule has 0 N–H and O–H groups in total. The van der Waals surface area contributed by atoms with Gasteiger partial charge in [-0.1, -0.05) is 55.8 Å². The first-order chi connectivity index (χ1) is 16.3. The fourth-order valence-electron chi connectivity index (χ4n) is 4.14. The summed E-state index contributed by atoms with van der Waals surface area (Å²) in [5.74, 6) is 0.621. The van der Waals surface area contributed by atoms with Crippen LogP contribution in [-0.2, 0) is 7.05 Å². The predicted octanol–water partition coefficient (Wildman–Crippen LogP) is 6.90. The average Bonchev–Trinajstić information content (AvgIpc) is 3.33. The molecule has 2 heterocycles. The molecule has 0 bridgehead atoms. The molecule has 0 amide bonds. The number of rotatable bonds is 7. The van der Waals surface area contributed by atoms with E-state index in [1.807, 2.05) is 73.3 Å². The van der Waals surface area contributed by atoms with Crippen LogP contribution in [0.4, 0.5) is 5.69 Å². The molecule has 1 atom stereocenters. The number of nitrogens with zero attached hydrogens (tertiary/aromatic N) is 4. The summed E-state index contributed by atoms with van der Waals surface area (Å²) in [5.41, 5.74) is 4.19. The van der Waals surface area contributed by atoms with E-state index >= 15 is 0 Å². The lowest BCUT2D eigenvalue weighted by Gasteiger charge is -2.18. The van der Waals surface area contributed by atoms with Crippen molar-refractivity contribution in [3.05, 3.63) is 85.8 Å². The summed E-state index contributed by atoms with van der Waals surface area (Å²) in [6, 6.07) is 17.8. The highest BCUT2D eigenvalue weighted by atomic mass is 35.5. The van der Waals surface area contributed by atoms with Gasteiger partial charge in [0.25, 0.3) is 5.56 Å². The van der Waals surface area contributed by atoms with Crippen molar-refractivity contribution in [2.24, 2.45) is 18.0 Å². The molecule has 34 heavy (non-hydrogen) atoms. The first kappa shape index (κ1) is 24.3. The zero-order valence-electron chi connectivity index (χ0n) is 20.3. The van der Waals surface area contributed by atoms with Gasteiger partial charge in [0.05, 0.1) is 17.1 Å². The standard InChI is InChI=1S/C27H31ClN4OS/c1-18(2)11-12-19(3)31-24(21-13-15-22(28)16-14-21)17-34-27(31)29-25-20(4)30(5)32(26(25)33)23-9-7-6-8-10-23/h6-10,13-19H,11-12H2,1-5H3. The van der Waals surface area contributed by atoms with Gasteiger partial charge in [-0.2, -0.15) is 0 Å². The summed E-state index contributed by atoms with van der Waals surface area (Å²) in [6.07, 6.45) is 2.15. The second-order valence-electron chi connectivity index (χ2n) is 9.12. The van der Waals surface area contributed by atoms with Crippen LogP contribution >= 0.6 is 22.9 Å². The molecule has 2 aromatic carbocycles. The van der Waals surface area contributed by atoms with Crippen molar-refractivity contribution in [2.75, 3.05) is 0 Å². The fraction of sp³-hybridized carbons (Fsp3) is 0.333. The Morgan fingerprint density at radius 2 is 1.68 bits per heavy atom. The van der Waals surface area contributed by atoms with Crippen molar-refractivity contribution in [2.45, 2.75) is 46.6 Å². The van der Waals surface area contributed by atoms with Gasteiger partial charge in [-0.15, -0.1) is 11.3 Å².